The predicted octanol–water partition coefficient (Wildman–Crippen LogP) is 8.31. The molecule has 40 heavy (non-hydrogen) atoms. The van der Waals surface area contributed by atoms with Gasteiger partial charge in [0.1, 0.15) is 5.75 Å². The fraction of sp³-hybridized carbons (Fsp3) is 0.350. The number of amides is 1. The molecule has 0 aromatic heterocycles. The maximum atomic E-state index is 14.5. The van der Waals surface area contributed by atoms with Crippen molar-refractivity contribution < 1.29 is 76.1 Å². The van der Waals surface area contributed by atoms with Crippen LogP contribution in [0.1, 0.15) is 15.9 Å². The summed E-state index contributed by atoms with van der Waals surface area (Å²) in [6, 6.07) is 3.59. The van der Waals surface area contributed by atoms with Crippen LogP contribution in [0, 0.1) is 0 Å². The van der Waals surface area contributed by atoms with Crippen molar-refractivity contribution in [2.75, 3.05) is 12.4 Å². The Kier molecular flexibility index (Phi) is 9.16. The number of halogens is 15. The second kappa shape index (κ2) is 10.9. The number of anilines is 1. The summed E-state index contributed by atoms with van der Waals surface area (Å²) in [6.45, 7) is 0. The van der Waals surface area contributed by atoms with Gasteiger partial charge in [-0.25, -0.2) is 9.47 Å². The minimum Gasteiger partial charge on any atom is -0.494 e. The first-order valence-electron chi connectivity index (χ1n) is 9.69. The molecule has 1 amide bonds. The molecule has 0 spiro atoms. The van der Waals surface area contributed by atoms with Gasteiger partial charge in [0.25, 0.3) is 5.91 Å². The van der Waals surface area contributed by atoms with E-state index < -0.39 is 59.3 Å². The van der Waals surface area contributed by atoms with Gasteiger partial charge in [-0.15, -0.1) is 13.2 Å². The Morgan fingerprint density at radius 1 is 0.775 bits per heavy atom. The zero-order valence-electron chi connectivity index (χ0n) is 18.8. The Labute approximate surface area is 223 Å². The number of rotatable bonds is 10. The van der Waals surface area contributed by atoms with E-state index in [2.05, 4.69) is 0 Å². The molecule has 0 saturated heterocycles. The molecule has 2 rings (SSSR count). The monoisotopic (exact) mass is 645 g/mol. The second-order valence-electron chi connectivity index (χ2n) is 7.35. The van der Waals surface area contributed by atoms with Crippen molar-refractivity contribution in [1.29, 1.82) is 0 Å². The van der Waals surface area contributed by atoms with Crippen LogP contribution in [0.4, 0.5) is 62.8 Å². The lowest BCUT2D eigenvalue weighted by Gasteiger charge is -2.35. The van der Waals surface area contributed by atoms with Gasteiger partial charge in [-0.2, -0.15) is 43.9 Å². The van der Waals surface area contributed by atoms with Crippen LogP contribution < -0.4 is 10.1 Å². The Morgan fingerprint density at radius 3 is 1.85 bits per heavy atom. The molecule has 0 aliphatic rings. The van der Waals surface area contributed by atoms with Crippen molar-refractivity contribution in [3.05, 3.63) is 57.6 Å². The summed E-state index contributed by atoms with van der Waals surface area (Å²) in [4.78, 5) is 12.5. The maximum absolute atomic E-state index is 14.5. The van der Waals surface area contributed by atoms with Crippen LogP contribution in [0.2, 0.25) is 10.0 Å². The number of alkyl halides is 13. The Morgan fingerprint density at radius 2 is 1.32 bits per heavy atom. The van der Waals surface area contributed by atoms with E-state index in [4.69, 9.17) is 27.9 Å². The van der Waals surface area contributed by atoms with Gasteiger partial charge in [-0.05, 0) is 24.3 Å². The SMILES string of the molecule is COc1c(Cl)cc(Cl)cc1C(=O)Nc1cccc(C(F)(F)C(F)(F)OC(F)(F)C(F)(F)C(F)(F)OC(F)(F)F)c1. The fourth-order valence-electron chi connectivity index (χ4n) is 2.76. The fourth-order valence-corrected chi connectivity index (χ4v) is 3.33. The van der Waals surface area contributed by atoms with Gasteiger partial charge >= 0.3 is 36.5 Å². The molecule has 0 saturated carbocycles. The number of benzene rings is 2. The summed E-state index contributed by atoms with van der Waals surface area (Å²) < 4.78 is 181. The van der Waals surface area contributed by atoms with E-state index in [1.54, 1.807) is 4.74 Å². The van der Waals surface area contributed by atoms with E-state index in [1.165, 1.54) is 0 Å². The number of hydrogen-bond donors (Lipinski definition) is 1. The number of hydrogen-bond acceptors (Lipinski definition) is 4. The third-order valence-corrected chi connectivity index (χ3v) is 5.04. The van der Waals surface area contributed by atoms with Gasteiger partial charge in [0.2, 0.25) is 0 Å². The van der Waals surface area contributed by atoms with Crippen molar-refractivity contribution in [3.63, 3.8) is 0 Å². The van der Waals surface area contributed by atoms with Crippen LogP contribution in [-0.4, -0.2) is 43.6 Å². The van der Waals surface area contributed by atoms with Crippen LogP contribution in [0.3, 0.4) is 0 Å². The quantitative estimate of drug-likeness (QED) is 0.264. The molecule has 2 aromatic carbocycles. The molecule has 0 atom stereocenters. The highest BCUT2D eigenvalue weighted by Crippen LogP contribution is 2.54. The van der Waals surface area contributed by atoms with Crippen LogP contribution >= 0.6 is 23.2 Å². The van der Waals surface area contributed by atoms with Gasteiger partial charge in [-0.3, -0.25) is 4.79 Å². The lowest BCUT2D eigenvalue weighted by atomic mass is 10.1. The van der Waals surface area contributed by atoms with Gasteiger partial charge in [-0.1, -0.05) is 35.3 Å². The first kappa shape index (κ1) is 33.5. The Balaban J connectivity index is 2.39. The van der Waals surface area contributed by atoms with Crippen LogP contribution in [0.25, 0.3) is 0 Å². The van der Waals surface area contributed by atoms with Crippen LogP contribution in [0.5, 0.6) is 5.75 Å². The minimum absolute atomic E-state index is 0.0193. The Bertz CT molecular complexity index is 1260. The highest BCUT2D eigenvalue weighted by molar-refractivity contribution is 6.36. The van der Waals surface area contributed by atoms with Gasteiger partial charge in [0.15, 0.2) is 0 Å². The molecule has 0 aliphatic carbocycles. The molecule has 0 heterocycles. The number of carbonyl (C=O) groups excluding carboxylic acids is 1. The minimum atomic E-state index is -7.55. The van der Waals surface area contributed by atoms with Gasteiger partial charge in [0.05, 0.1) is 17.7 Å². The van der Waals surface area contributed by atoms with E-state index in [1.807, 2.05) is 10.1 Å². The predicted molar refractivity (Wildman–Crippen MR) is 109 cm³/mol. The normalized spacial score (nSPS) is 13.8. The van der Waals surface area contributed by atoms with E-state index >= 15 is 0 Å². The molecule has 224 valence electrons. The first-order valence-corrected chi connectivity index (χ1v) is 10.4. The smallest absolute Gasteiger partial charge is 0.494 e. The maximum Gasteiger partial charge on any atom is 0.527 e. The van der Waals surface area contributed by atoms with Crippen molar-refractivity contribution in [1.82, 2.24) is 0 Å². The lowest BCUT2D eigenvalue weighted by molar-refractivity contribution is -0.535. The number of ether oxygens (including phenoxy) is 3. The zero-order chi connectivity index (χ0) is 31.1. The van der Waals surface area contributed by atoms with E-state index in [0.29, 0.717) is 6.07 Å². The summed E-state index contributed by atoms with van der Waals surface area (Å²) in [5.41, 5.74) is -3.17. The summed E-state index contributed by atoms with van der Waals surface area (Å²) in [7, 11) is 1.07. The highest BCUT2D eigenvalue weighted by atomic mass is 35.5. The standard InChI is InChI=1S/C20H10Cl2F13NO4/c1-38-13-11(6-9(21)7-12(13)22)14(37)36-10-4-2-3-8(5-10)15(23,24)17(27,28)39-18(29,30)16(25,26)19(31,32)40-20(33,34)35/h2-7H,1H3,(H,36,37). The zero-order valence-corrected chi connectivity index (χ0v) is 20.3. The molecule has 1 N–H and O–H groups in total. The average Bonchev–Trinajstić information content (AvgIpc) is 2.76. The van der Waals surface area contributed by atoms with Gasteiger partial charge in [0, 0.05) is 16.3 Å². The van der Waals surface area contributed by atoms with Crippen molar-refractivity contribution in [2.45, 2.75) is 36.5 Å². The average molecular weight is 646 g/mol. The molecular formula is C20H10Cl2F13NO4. The summed E-state index contributed by atoms with van der Waals surface area (Å²) in [5.74, 6) is -15.1. The number of methoxy groups -OCH3 is 1. The third-order valence-electron chi connectivity index (χ3n) is 4.54. The number of nitrogens with one attached hydrogen (secondary N) is 1. The lowest BCUT2D eigenvalue weighted by Crippen LogP contribution is -2.61. The largest absolute Gasteiger partial charge is 0.527 e. The van der Waals surface area contributed by atoms with E-state index in [0.717, 1.165) is 25.3 Å². The van der Waals surface area contributed by atoms with Crippen molar-refractivity contribution in [2.24, 2.45) is 0 Å². The molecule has 0 radical (unpaired) electrons. The molecule has 0 bridgehead atoms. The molecule has 0 aliphatic heterocycles. The summed E-state index contributed by atoms with van der Waals surface area (Å²) >= 11 is 11.6. The van der Waals surface area contributed by atoms with Crippen LogP contribution in [0.15, 0.2) is 36.4 Å². The van der Waals surface area contributed by atoms with Crippen molar-refractivity contribution >= 4 is 34.8 Å². The topological polar surface area (TPSA) is 56.8 Å². The summed E-state index contributed by atoms with van der Waals surface area (Å²) in [5, 5.41) is 1.61. The molecule has 20 heteroatoms. The molecular weight excluding hydrogens is 636 g/mol. The highest BCUT2D eigenvalue weighted by Gasteiger charge is 2.80. The summed E-state index contributed by atoms with van der Waals surface area (Å²) in [6.07, 6.45) is -28.1. The van der Waals surface area contributed by atoms with E-state index in [9.17, 15) is 61.9 Å². The Hall–Kier alpha value is -2.70. The molecule has 0 unspecified atom stereocenters. The van der Waals surface area contributed by atoms with Crippen LogP contribution in [-0.2, 0) is 15.4 Å². The molecule has 2 aromatic rings. The first-order chi connectivity index (χ1) is 17.9. The van der Waals surface area contributed by atoms with Gasteiger partial charge < -0.3 is 10.1 Å². The van der Waals surface area contributed by atoms with Crippen molar-refractivity contribution in [3.8, 4) is 5.75 Å². The molecule has 0 fully saturated rings. The number of carbonyl (C=O) groups is 1. The third kappa shape index (κ3) is 6.77. The molecule has 5 nitrogen and oxygen atoms in total. The second-order valence-corrected chi connectivity index (χ2v) is 8.20. The van der Waals surface area contributed by atoms with E-state index in [-0.39, 0.29) is 27.9 Å².